The van der Waals surface area contributed by atoms with E-state index >= 15 is 0 Å². The van der Waals surface area contributed by atoms with Gasteiger partial charge in [0.1, 0.15) is 0 Å². The zero-order chi connectivity index (χ0) is 11.8. The Balaban J connectivity index is 2.13. The van der Waals surface area contributed by atoms with Crippen LogP contribution in [0.2, 0.25) is 0 Å². The van der Waals surface area contributed by atoms with Crippen molar-refractivity contribution < 1.29 is 9.90 Å². The number of hydrogen-bond acceptors (Lipinski definition) is 2. The van der Waals surface area contributed by atoms with Crippen LogP contribution >= 0.6 is 0 Å². The van der Waals surface area contributed by atoms with Crippen molar-refractivity contribution in [2.75, 3.05) is 0 Å². The summed E-state index contributed by atoms with van der Waals surface area (Å²) in [6.07, 6.45) is 3.89. The van der Waals surface area contributed by atoms with Crippen molar-refractivity contribution in [2.45, 2.75) is 25.8 Å². The zero-order valence-corrected chi connectivity index (χ0v) is 9.31. The van der Waals surface area contributed by atoms with E-state index in [2.05, 4.69) is 10.1 Å². The van der Waals surface area contributed by atoms with Gasteiger partial charge in [-0.3, -0.25) is 9.48 Å². The monoisotopic (exact) mass is 231 g/mol. The molecule has 0 spiro atoms. The standard InChI is InChI=1S/C12H13N3O2/c16-11(17)7-9-12(8-3-1-5-13-8)10-4-2-6-15(10)14-9/h1,3,5,13H,2,4,6-7H2,(H,16,17). The number of aryl methyl sites for hydroxylation is 1. The number of nitrogens with zero attached hydrogens (tertiary/aromatic N) is 2. The largest absolute Gasteiger partial charge is 0.481 e. The average Bonchev–Trinajstić information content (AvgIpc) is 2.90. The minimum atomic E-state index is -0.838. The minimum Gasteiger partial charge on any atom is -0.481 e. The molecule has 0 aliphatic carbocycles. The molecule has 0 bridgehead atoms. The molecule has 0 aromatic carbocycles. The third-order valence-electron chi connectivity index (χ3n) is 3.10. The lowest BCUT2D eigenvalue weighted by Crippen LogP contribution is -2.03. The fourth-order valence-electron chi connectivity index (χ4n) is 2.45. The van der Waals surface area contributed by atoms with Gasteiger partial charge >= 0.3 is 5.97 Å². The molecule has 17 heavy (non-hydrogen) atoms. The Bertz CT molecular complexity index is 555. The van der Waals surface area contributed by atoms with Gasteiger partial charge in [-0.25, -0.2) is 0 Å². The number of hydrogen-bond donors (Lipinski definition) is 2. The van der Waals surface area contributed by atoms with E-state index in [0.29, 0.717) is 5.69 Å². The summed E-state index contributed by atoms with van der Waals surface area (Å²) in [6, 6.07) is 3.88. The normalized spacial score (nSPS) is 13.9. The molecule has 1 aliphatic heterocycles. The molecule has 3 heterocycles. The molecule has 0 amide bonds. The number of aliphatic carboxylic acids is 1. The van der Waals surface area contributed by atoms with Gasteiger partial charge in [0, 0.05) is 29.7 Å². The molecule has 2 aromatic rings. The Morgan fingerprint density at radius 2 is 2.47 bits per heavy atom. The third-order valence-corrected chi connectivity index (χ3v) is 3.10. The molecule has 0 radical (unpaired) electrons. The second-order valence-electron chi connectivity index (χ2n) is 4.25. The van der Waals surface area contributed by atoms with Crippen LogP contribution in [0, 0.1) is 0 Å². The molecule has 2 aromatic heterocycles. The highest BCUT2D eigenvalue weighted by molar-refractivity contribution is 5.75. The first-order valence-electron chi connectivity index (χ1n) is 5.70. The second-order valence-corrected chi connectivity index (χ2v) is 4.25. The van der Waals surface area contributed by atoms with Crippen LogP contribution in [0.15, 0.2) is 18.3 Å². The number of nitrogens with one attached hydrogen (secondary N) is 1. The fraction of sp³-hybridized carbons (Fsp3) is 0.333. The number of carboxylic acids is 1. The predicted octanol–water partition coefficient (Wildman–Crippen LogP) is 1.45. The topological polar surface area (TPSA) is 70.9 Å². The van der Waals surface area contributed by atoms with Crippen LogP contribution < -0.4 is 0 Å². The van der Waals surface area contributed by atoms with Crippen molar-refractivity contribution in [1.82, 2.24) is 14.8 Å². The van der Waals surface area contributed by atoms with Crippen molar-refractivity contribution in [3.8, 4) is 11.3 Å². The number of H-pyrrole nitrogens is 1. The van der Waals surface area contributed by atoms with Gasteiger partial charge in [0.2, 0.25) is 0 Å². The Labute approximate surface area is 98.1 Å². The van der Waals surface area contributed by atoms with E-state index in [9.17, 15) is 4.79 Å². The van der Waals surface area contributed by atoms with E-state index in [1.165, 1.54) is 0 Å². The second kappa shape index (κ2) is 3.76. The summed E-state index contributed by atoms with van der Waals surface area (Å²) in [4.78, 5) is 14.0. The number of carbonyl (C=O) groups is 1. The number of aromatic nitrogens is 3. The van der Waals surface area contributed by atoms with Crippen LogP contribution in [0.5, 0.6) is 0 Å². The van der Waals surface area contributed by atoms with Gasteiger partial charge in [-0.15, -0.1) is 0 Å². The van der Waals surface area contributed by atoms with Crippen molar-refractivity contribution in [2.24, 2.45) is 0 Å². The number of rotatable bonds is 3. The zero-order valence-electron chi connectivity index (χ0n) is 9.31. The average molecular weight is 231 g/mol. The Hall–Kier alpha value is -2.04. The van der Waals surface area contributed by atoms with Crippen LogP contribution in [0.1, 0.15) is 17.8 Å². The third kappa shape index (κ3) is 1.63. The van der Waals surface area contributed by atoms with Gasteiger partial charge in [-0.05, 0) is 25.0 Å². The Kier molecular flexibility index (Phi) is 2.24. The van der Waals surface area contributed by atoms with Crippen molar-refractivity contribution in [3.63, 3.8) is 0 Å². The first-order chi connectivity index (χ1) is 8.25. The predicted molar refractivity (Wildman–Crippen MR) is 61.7 cm³/mol. The van der Waals surface area contributed by atoms with Gasteiger partial charge in [0.05, 0.1) is 12.1 Å². The molecule has 0 saturated heterocycles. The molecular formula is C12H13N3O2. The summed E-state index contributed by atoms with van der Waals surface area (Å²) in [5.41, 5.74) is 3.76. The lowest BCUT2D eigenvalue weighted by atomic mass is 10.1. The first kappa shape index (κ1) is 10.1. The van der Waals surface area contributed by atoms with Crippen LogP contribution in [-0.4, -0.2) is 25.8 Å². The quantitative estimate of drug-likeness (QED) is 0.839. The SMILES string of the molecule is O=C(O)Cc1nn2c(c1-c1ccc[nH]1)CCC2. The van der Waals surface area contributed by atoms with Gasteiger partial charge in [-0.1, -0.05) is 0 Å². The molecule has 1 aliphatic rings. The smallest absolute Gasteiger partial charge is 0.309 e. The summed E-state index contributed by atoms with van der Waals surface area (Å²) in [5, 5.41) is 13.3. The van der Waals surface area contributed by atoms with Crippen molar-refractivity contribution in [3.05, 3.63) is 29.7 Å². The molecule has 3 rings (SSSR count). The Morgan fingerprint density at radius 3 is 3.18 bits per heavy atom. The van der Waals surface area contributed by atoms with Crippen molar-refractivity contribution in [1.29, 1.82) is 0 Å². The molecule has 0 unspecified atom stereocenters. The van der Waals surface area contributed by atoms with E-state index in [1.54, 1.807) is 0 Å². The highest BCUT2D eigenvalue weighted by Crippen LogP contribution is 2.31. The van der Waals surface area contributed by atoms with Gasteiger partial charge in [0.15, 0.2) is 0 Å². The summed E-state index contributed by atoms with van der Waals surface area (Å²) in [5.74, 6) is -0.838. The maximum atomic E-state index is 10.9. The van der Waals surface area contributed by atoms with E-state index in [-0.39, 0.29) is 6.42 Å². The molecule has 2 N–H and O–H groups in total. The summed E-state index contributed by atoms with van der Waals surface area (Å²) < 4.78 is 1.94. The molecule has 88 valence electrons. The van der Waals surface area contributed by atoms with E-state index in [0.717, 1.165) is 36.3 Å². The number of carboxylic acid groups (broad SMARTS) is 1. The lowest BCUT2D eigenvalue weighted by molar-refractivity contribution is -0.136. The molecule has 0 saturated carbocycles. The summed E-state index contributed by atoms with van der Waals surface area (Å²) in [7, 11) is 0. The molecule has 5 nitrogen and oxygen atoms in total. The molecule has 0 atom stereocenters. The van der Waals surface area contributed by atoms with Crippen LogP contribution in [-0.2, 0) is 24.2 Å². The van der Waals surface area contributed by atoms with E-state index in [4.69, 9.17) is 5.11 Å². The highest BCUT2D eigenvalue weighted by Gasteiger charge is 2.24. The molecular weight excluding hydrogens is 218 g/mol. The van der Waals surface area contributed by atoms with Crippen molar-refractivity contribution >= 4 is 5.97 Å². The molecule has 5 heteroatoms. The van der Waals surface area contributed by atoms with Gasteiger partial charge in [-0.2, -0.15) is 5.10 Å². The number of aromatic amines is 1. The van der Waals surface area contributed by atoms with Gasteiger partial charge in [0.25, 0.3) is 0 Å². The summed E-state index contributed by atoms with van der Waals surface area (Å²) in [6.45, 7) is 0.892. The van der Waals surface area contributed by atoms with Gasteiger partial charge < -0.3 is 10.1 Å². The van der Waals surface area contributed by atoms with E-state index in [1.807, 2.05) is 23.0 Å². The Morgan fingerprint density at radius 1 is 1.59 bits per heavy atom. The fourth-order valence-corrected chi connectivity index (χ4v) is 2.45. The van der Waals surface area contributed by atoms with Crippen LogP contribution in [0.4, 0.5) is 0 Å². The van der Waals surface area contributed by atoms with Crippen LogP contribution in [0.25, 0.3) is 11.3 Å². The van der Waals surface area contributed by atoms with Crippen LogP contribution in [0.3, 0.4) is 0 Å². The number of fused-ring (bicyclic) bond motifs is 1. The summed E-state index contributed by atoms with van der Waals surface area (Å²) >= 11 is 0. The lowest BCUT2D eigenvalue weighted by Gasteiger charge is -2.00. The maximum Gasteiger partial charge on any atom is 0.309 e. The van der Waals surface area contributed by atoms with E-state index < -0.39 is 5.97 Å². The minimum absolute atomic E-state index is 0.0195. The molecule has 0 fully saturated rings. The first-order valence-corrected chi connectivity index (χ1v) is 5.70. The highest BCUT2D eigenvalue weighted by atomic mass is 16.4. The maximum absolute atomic E-state index is 10.9.